The fourth-order valence-corrected chi connectivity index (χ4v) is 3.87. The highest BCUT2D eigenvalue weighted by Gasteiger charge is 2.40. The maximum absolute atomic E-state index is 13.2. The molecule has 3 heterocycles. The van der Waals surface area contributed by atoms with Crippen LogP contribution in [0.3, 0.4) is 0 Å². The molecular formula is C22H28N4O3. The van der Waals surface area contributed by atoms with Gasteiger partial charge in [0, 0.05) is 44.7 Å². The molecule has 0 N–H and O–H groups in total. The van der Waals surface area contributed by atoms with Gasteiger partial charge in [-0.15, -0.1) is 0 Å². The first-order chi connectivity index (χ1) is 14.1. The lowest BCUT2D eigenvalue weighted by molar-refractivity contribution is -0.169. The van der Waals surface area contributed by atoms with E-state index in [-0.39, 0.29) is 11.9 Å². The molecule has 4 rings (SSSR count). The van der Waals surface area contributed by atoms with E-state index < -0.39 is 5.79 Å². The van der Waals surface area contributed by atoms with Crippen molar-refractivity contribution in [3.05, 3.63) is 53.9 Å². The summed E-state index contributed by atoms with van der Waals surface area (Å²) in [4.78, 5) is 26.2. The van der Waals surface area contributed by atoms with Crippen LogP contribution in [0.5, 0.6) is 0 Å². The summed E-state index contributed by atoms with van der Waals surface area (Å²) in [5, 5.41) is 0. The molecule has 154 valence electrons. The third kappa shape index (κ3) is 4.41. The molecule has 1 aromatic carbocycles. The van der Waals surface area contributed by atoms with E-state index in [4.69, 9.17) is 9.47 Å². The zero-order valence-corrected chi connectivity index (χ0v) is 17.1. The molecule has 2 aliphatic rings. The number of nitrogens with zero attached hydrogens (tertiary/aromatic N) is 4. The number of amides is 1. The first-order valence-corrected chi connectivity index (χ1v) is 10.3. The van der Waals surface area contributed by atoms with Gasteiger partial charge in [0.1, 0.15) is 5.69 Å². The van der Waals surface area contributed by atoms with E-state index >= 15 is 0 Å². The minimum Gasteiger partial charge on any atom is -0.347 e. The number of hydrogen-bond acceptors (Lipinski definition) is 6. The molecule has 0 aliphatic carbocycles. The number of ether oxygens (including phenoxy) is 2. The van der Waals surface area contributed by atoms with Gasteiger partial charge in [-0.1, -0.05) is 30.3 Å². The number of rotatable bonds is 5. The molecule has 1 aromatic heterocycles. The second-order valence-corrected chi connectivity index (χ2v) is 7.85. The van der Waals surface area contributed by atoms with Crippen LogP contribution in [-0.2, 0) is 16.0 Å². The van der Waals surface area contributed by atoms with Crippen molar-refractivity contribution in [2.75, 3.05) is 31.2 Å². The molecule has 0 saturated carbocycles. The first kappa shape index (κ1) is 19.8. The van der Waals surface area contributed by atoms with Gasteiger partial charge in [0.15, 0.2) is 5.79 Å². The molecule has 7 heteroatoms. The molecular weight excluding hydrogens is 368 g/mol. The van der Waals surface area contributed by atoms with Gasteiger partial charge in [0.05, 0.1) is 13.2 Å². The highest BCUT2D eigenvalue weighted by Crippen LogP contribution is 2.32. The molecule has 0 atom stereocenters. The normalized spacial score (nSPS) is 18.4. The third-order valence-electron chi connectivity index (χ3n) is 5.56. The Balaban J connectivity index is 1.47. The maximum Gasteiger partial charge on any atom is 0.273 e. The standard InChI is InChI=1S/C22H28N4O3/c1-17(2)26(16-18-6-4-3-5-7-18)20(27)19-8-11-23-21(24-19)25-12-9-22(10-13-25)28-14-15-29-22/h3-8,11,17H,9-10,12-16H2,1-2H3. The Morgan fingerprint density at radius 3 is 2.48 bits per heavy atom. The zero-order chi connectivity index (χ0) is 20.3. The second-order valence-electron chi connectivity index (χ2n) is 7.85. The van der Waals surface area contributed by atoms with E-state index in [2.05, 4.69) is 14.9 Å². The summed E-state index contributed by atoms with van der Waals surface area (Å²) >= 11 is 0. The highest BCUT2D eigenvalue weighted by atomic mass is 16.7. The van der Waals surface area contributed by atoms with Gasteiger partial charge in [0.2, 0.25) is 5.95 Å². The van der Waals surface area contributed by atoms with Crippen molar-refractivity contribution in [2.24, 2.45) is 0 Å². The minimum atomic E-state index is -0.436. The third-order valence-corrected chi connectivity index (χ3v) is 5.56. The molecule has 2 aliphatic heterocycles. The fraction of sp³-hybridized carbons (Fsp3) is 0.500. The summed E-state index contributed by atoms with van der Waals surface area (Å²) in [7, 11) is 0. The maximum atomic E-state index is 13.2. The Labute approximate surface area is 171 Å². The van der Waals surface area contributed by atoms with Crippen molar-refractivity contribution in [2.45, 2.75) is 45.1 Å². The van der Waals surface area contributed by atoms with E-state index in [0.29, 0.717) is 31.4 Å². The van der Waals surface area contributed by atoms with E-state index in [0.717, 1.165) is 31.5 Å². The fourth-order valence-electron chi connectivity index (χ4n) is 3.87. The van der Waals surface area contributed by atoms with Crippen LogP contribution in [0.2, 0.25) is 0 Å². The average molecular weight is 396 g/mol. The summed E-state index contributed by atoms with van der Waals surface area (Å²) in [5.74, 6) is 0.0733. The number of aromatic nitrogens is 2. The zero-order valence-electron chi connectivity index (χ0n) is 17.1. The Morgan fingerprint density at radius 2 is 1.83 bits per heavy atom. The van der Waals surface area contributed by atoms with Gasteiger partial charge in [-0.2, -0.15) is 0 Å². The van der Waals surface area contributed by atoms with Gasteiger partial charge in [-0.25, -0.2) is 9.97 Å². The predicted octanol–water partition coefficient (Wildman–Crippen LogP) is 2.87. The largest absolute Gasteiger partial charge is 0.347 e. The van der Waals surface area contributed by atoms with Crippen LogP contribution in [0.15, 0.2) is 42.6 Å². The van der Waals surface area contributed by atoms with Gasteiger partial charge in [-0.05, 0) is 25.5 Å². The topological polar surface area (TPSA) is 67.8 Å². The van der Waals surface area contributed by atoms with Crippen molar-refractivity contribution in [1.82, 2.24) is 14.9 Å². The van der Waals surface area contributed by atoms with Gasteiger partial charge in [-0.3, -0.25) is 4.79 Å². The van der Waals surface area contributed by atoms with Crippen LogP contribution in [0.4, 0.5) is 5.95 Å². The van der Waals surface area contributed by atoms with Crippen molar-refractivity contribution in [3.8, 4) is 0 Å². The molecule has 0 radical (unpaired) electrons. The number of carbonyl (C=O) groups is 1. The van der Waals surface area contributed by atoms with Crippen molar-refractivity contribution < 1.29 is 14.3 Å². The smallest absolute Gasteiger partial charge is 0.273 e. The molecule has 1 amide bonds. The Hall–Kier alpha value is -2.51. The summed E-state index contributed by atoms with van der Waals surface area (Å²) < 4.78 is 11.6. The average Bonchev–Trinajstić information content (AvgIpc) is 3.20. The van der Waals surface area contributed by atoms with E-state index in [1.165, 1.54) is 0 Å². The first-order valence-electron chi connectivity index (χ1n) is 10.3. The van der Waals surface area contributed by atoms with E-state index in [1.807, 2.05) is 49.1 Å². The second kappa shape index (κ2) is 8.47. The molecule has 29 heavy (non-hydrogen) atoms. The summed E-state index contributed by atoms with van der Waals surface area (Å²) in [5.41, 5.74) is 1.52. The molecule has 0 unspecified atom stereocenters. The molecule has 2 saturated heterocycles. The van der Waals surface area contributed by atoms with Gasteiger partial charge >= 0.3 is 0 Å². The Morgan fingerprint density at radius 1 is 1.14 bits per heavy atom. The molecule has 1 spiro atoms. The van der Waals surface area contributed by atoms with Crippen molar-refractivity contribution in [1.29, 1.82) is 0 Å². The molecule has 2 aromatic rings. The van der Waals surface area contributed by atoms with E-state index in [1.54, 1.807) is 12.3 Å². The number of piperidine rings is 1. The number of anilines is 1. The van der Waals surface area contributed by atoms with Crippen LogP contribution in [0.25, 0.3) is 0 Å². The lowest BCUT2D eigenvalue weighted by atomic mass is 10.0. The van der Waals surface area contributed by atoms with Crippen molar-refractivity contribution in [3.63, 3.8) is 0 Å². The highest BCUT2D eigenvalue weighted by molar-refractivity contribution is 5.92. The van der Waals surface area contributed by atoms with Crippen LogP contribution in [0.1, 0.15) is 42.7 Å². The van der Waals surface area contributed by atoms with Crippen LogP contribution in [0, 0.1) is 0 Å². The summed E-state index contributed by atoms with van der Waals surface area (Å²) in [6.07, 6.45) is 3.23. The number of carbonyl (C=O) groups excluding carboxylic acids is 1. The van der Waals surface area contributed by atoms with Gasteiger partial charge in [0.25, 0.3) is 5.91 Å². The van der Waals surface area contributed by atoms with E-state index in [9.17, 15) is 4.79 Å². The molecule has 0 bridgehead atoms. The van der Waals surface area contributed by atoms with Crippen LogP contribution in [-0.4, -0.2) is 58.9 Å². The Bertz CT molecular complexity index is 827. The number of hydrogen-bond donors (Lipinski definition) is 0. The van der Waals surface area contributed by atoms with Crippen LogP contribution < -0.4 is 4.90 Å². The quantitative estimate of drug-likeness (QED) is 0.774. The monoisotopic (exact) mass is 396 g/mol. The van der Waals surface area contributed by atoms with Crippen molar-refractivity contribution >= 4 is 11.9 Å². The summed E-state index contributed by atoms with van der Waals surface area (Å²) in [6, 6.07) is 11.8. The van der Waals surface area contributed by atoms with Gasteiger partial charge < -0.3 is 19.3 Å². The SMILES string of the molecule is CC(C)N(Cc1ccccc1)C(=O)c1ccnc(N2CCC3(CC2)OCCO3)n1. The summed E-state index contributed by atoms with van der Waals surface area (Å²) in [6.45, 7) is 7.41. The lowest BCUT2D eigenvalue weighted by Crippen LogP contribution is -2.46. The number of benzene rings is 1. The molecule has 7 nitrogen and oxygen atoms in total. The predicted molar refractivity (Wildman–Crippen MR) is 110 cm³/mol. The Kier molecular flexibility index (Phi) is 5.78. The minimum absolute atomic E-state index is 0.0626. The van der Waals surface area contributed by atoms with Crippen LogP contribution >= 0.6 is 0 Å². The molecule has 2 fully saturated rings. The lowest BCUT2D eigenvalue weighted by Gasteiger charge is -2.37.